The lowest BCUT2D eigenvalue weighted by Crippen LogP contribution is -2.46. The van der Waals surface area contributed by atoms with Crippen LogP contribution in [0.25, 0.3) is 10.2 Å². The van der Waals surface area contributed by atoms with Crippen molar-refractivity contribution < 1.29 is 9.59 Å². The fourth-order valence-corrected chi connectivity index (χ4v) is 4.12. The van der Waals surface area contributed by atoms with Crippen molar-refractivity contribution in [3.8, 4) is 0 Å². The molecule has 1 saturated heterocycles. The molecule has 6 nitrogen and oxygen atoms in total. The van der Waals surface area contributed by atoms with Crippen LogP contribution in [0.3, 0.4) is 0 Å². The van der Waals surface area contributed by atoms with E-state index in [9.17, 15) is 9.59 Å². The van der Waals surface area contributed by atoms with E-state index in [-0.39, 0.29) is 12.5 Å². The SMILES string of the molecule is C=CCNC(=O)NC(=O)CN1CCC(c2nc3ccccc3s2)CC1. The maximum atomic E-state index is 11.9. The van der Waals surface area contributed by atoms with Crippen LogP contribution < -0.4 is 10.6 Å². The van der Waals surface area contributed by atoms with Crippen LogP contribution in [0.5, 0.6) is 0 Å². The minimum absolute atomic E-state index is 0.244. The van der Waals surface area contributed by atoms with E-state index in [2.05, 4.69) is 28.2 Å². The highest BCUT2D eigenvalue weighted by Crippen LogP contribution is 2.33. The molecular weight excluding hydrogens is 336 g/mol. The van der Waals surface area contributed by atoms with E-state index >= 15 is 0 Å². The number of hydrogen-bond donors (Lipinski definition) is 2. The molecule has 0 unspecified atom stereocenters. The molecule has 0 saturated carbocycles. The number of aromatic nitrogens is 1. The lowest BCUT2D eigenvalue weighted by atomic mass is 9.97. The van der Waals surface area contributed by atoms with Crippen LogP contribution >= 0.6 is 11.3 Å². The standard InChI is InChI=1S/C18H22N4O2S/c1-2-9-19-18(24)21-16(23)12-22-10-7-13(8-11-22)17-20-14-5-3-4-6-15(14)25-17/h2-6,13H,1,7-12H2,(H2,19,21,23,24). The van der Waals surface area contributed by atoms with Gasteiger partial charge in [0.15, 0.2) is 0 Å². The van der Waals surface area contributed by atoms with E-state index in [4.69, 9.17) is 4.98 Å². The van der Waals surface area contributed by atoms with Gasteiger partial charge in [-0.05, 0) is 38.1 Å². The number of fused-ring (bicyclic) bond motifs is 1. The Labute approximate surface area is 150 Å². The third kappa shape index (κ3) is 4.64. The summed E-state index contributed by atoms with van der Waals surface area (Å²) < 4.78 is 1.23. The summed E-state index contributed by atoms with van der Waals surface area (Å²) in [6, 6.07) is 7.73. The van der Waals surface area contributed by atoms with Crippen molar-refractivity contribution in [2.45, 2.75) is 18.8 Å². The summed E-state index contributed by atoms with van der Waals surface area (Å²) in [5, 5.41) is 6.05. The zero-order chi connectivity index (χ0) is 17.6. The number of carbonyl (C=O) groups is 2. The number of piperidine rings is 1. The van der Waals surface area contributed by atoms with Crippen LogP contribution in [0.4, 0.5) is 4.79 Å². The average molecular weight is 358 g/mol. The number of imide groups is 1. The first-order valence-electron chi connectivity index (χ1n) is 8.42. The topological polar surface area (TPSA) is 74.3 Å². The second-order valence-electron chi connectivity index (χ2n) is 6.12. The summed E-state index contributed by atoms with van der Waals surface area (Å²) in [7, 11) is 0. The lowest BCUT2D eigenvalue weighted by Gasteiger charge is -2.30. The molecule has 1 aromatic carbocycles. The van der Waals surface area contributed by atoms with Crippen molar-refractivity contribution in [1.82, 2.24) is 20.5 Å². The first-order chi connectivity index (χ1) is 12.2. The fraction of sp³-hybridized carbons (Fsp3) is 0.389. The number of amides is 3. The van der Waals surface area contributed by atoms with Gasteiger partial charge in [0.25, 0.3) is 0 Å². The molecule has 0 aliphatic carbocycles. The molecule has 0 bridgehead atoms. The molecule has 132 valence electrons. The highest BCUT2D eigenvalue weighted by Gasteiger charge is 2.24. The molecule has 2 heterocycles. The summed E-state index contributed by atoms with van der Waals surface area (Å²) in [6.07, 6.45) is 3.53. The minimum atomic E-state index is -0.478. The van der Waals surface area contributed by atoms with Crippen molar-refractivity contribution >= 4 is 33.5 Å². The Bertz CT molecular complexity index is 732. The highest BCUT2D eigenvalue weighted by molar-refractivity contribution is 7.18. The van der Waals surface area contributed by atoms with Crippen molar-refractivity contribution in [1.29, 1.82) is 0 Å². The van der Waals surface area contributed by atoms with Gasteiger partial charge >= 0.3 is 6.03 Å². The number of nitrogens with zero attached hydrogens (tertiary/aromatic N) is 2. The molecule has 1 aliphatic rings. The Kier molecular flexibility index (Phi) is 5.78. The van der Waals surface area contributed by atoms with E-state index < -0.39 is 6.03 Å². The van der Waals surface area contributed by atoms with Gasteiger partial charge in [-0.3, -0.25) is 15.0 Å². The molecule has 0 radical (unpaired) electrons. The molecule has 1 aliphatic heterocycles. The largest absolute Gasteiger partial charge is 0.334 e. The van der Waals surface area contributed by atoms with Crippen molar-refractivity contribution in [2.75, 3.05) is 26.2 Å². The van der Waals surface area contributed by atoms with Gasteiger partial charge in [0.2, 0.25) is 5.91 Å². The van der Waals surface area contributed by atoms with Gasteiger partial charge in [-0.2, -0.15) is 0 Å². The van der Waals surface area contributed by atoms with E-state index in [1.165, 1.54) is 9.71 Å². The van der Waals surface area contributed by atoms with Crippen molar-refractivity contribution in [3.63, 3.8) is 0 Å². The number of para-hydroxylation sites is 1. The molecule has 3 rings (SSSR count). The number of rotatable bonds is 5. The predicted molar refractivity (Wildman–Crippen MR) is 99.8 cm³/mol. The van der Waals surface area contributed by atoms with Crippen LogP contribution in [0.2, 0.25) is 0 Å². The monoisotopic (exact) mass is 358 g/mol. The number of benzene rings is 1. The van der Waals surface area contributed by atoms with Gasteiger partial charge in [0.05, 0.1) is 21.8 Å². The molecule has 2 N–H and O–H groups in total. The zero-order valence-electron chi connectivity index (χ0n) is 14.0. The summed E-state index contributed by atoms with van der Waals surface area (Å²) in [5.41, 5.74) is 1.06. The summed E-state index contributed by atoms with van der Waals surface area (Å²) in [5.74, 6) is 0.174. The Morgan fingerprint density at radius 3 is 2.80 bits per heavy atom. The smallest absolute Gasteiger partial charge is 0.321 e. The maximum Gasteiger partial charge on any atom is 0.321 e. The Morgan fingerprint density at radius 1 is 1.32 bits per heavy atom. The number of urea groups is 1. The molecule has 1 fully saturated rings. The second kappa shape index (κ2) is 8.22. The van der Waals surface area contributed by atoms with Crippen molar-refractivity contribution in [3.05, 3.63) is 41.9 Å². The van der Waals surface area contributed by atoms with Gasteiger partial charge in [-0.25, -0.2) is 9.78 Å². The van der Waals surface area contributed by atoms with E-state index in [0.717, 1.165) is 31.4 Å². The van der Waals surface area contributed by atoms with Crippen LogP contribution in [0.1, 0.15) is 23.8 Å². The third-order valence-electron chi connectivity index (χ3n) is 4.27. The van der Waals surface area contributed by atoms with Crippen molar-refractivity contribution in [2.24, 2.45) is 0 Å². The second-order valence-corrected chi connectivity index (χ2v) is 7.18. The first kappa shape index (κ1) is 17.6. The first-order valence-corrected chi connectivity index (χ1v) is 9.24. The Morgan fingerprint density at radius 2 is 2.08 bits per heavy atom. The molecule has 2 aromatic rings. The van der Waals surface area contributed by atoms with Gasteiger partial charge < -0.3 is 5.32 Å². The zero-order valence-corrected chi connectivity index (χ0v) is 14.8. The number of likely N-dealkylation sites (tertiary alicyclic amines) is 1. The van der Waals surface area contributed by atoms with E-state index in [0.29, 0.717) is 12.5 Å². The van der Waals surface area contributed by atoms with Crippen LogP contribution in [0, 0.1) is 0 Å². The van der Waals surface area contributed by atoms with Gasteiger partial charge in [-0.1, -0.05) is 18.2 Å². The number of thiazole rings is 1. The summed E-state index contributed by atoms with van der Waals surface area (Å²) >= 11 is 1.77. The molecule has 0 atom stereocenters. The molecule has 25 heavy (non-hydrogen) atoms. The molecule has 0 spiro atoms. The lowest BCUT2D eigenvalue weighted by molar-refractivity contribution is -0.121. The average Bonchev–Trinajstić information content (AvgIpc) is 3.04. The van der Waals surface area contributed by atoms with Gasteiger partial charge in [-0.15, -0.1) is 17.9 Å². The highest BCUT2D eigenvalue weighted by atomic mass is 32.1. The van der Waals surface area contributed by atoms with E-state index in [1.54, 1.807) is 17.4 Å². The summed E-state index contributed by atoms with van der Waals surface area (Å²) in [6.45, 7) is 5.77. The Balaban J connectivity index is 1.47. The quantitative estimate of drug-likeness (QED) is 0.806. The minimum Gasteiger partial charge on any atom is -0.334 e. The maximum absolute atomic E-state index is 11.9. The van der Waals surface area contributed by atoms with Crippen LogP contribution in [-0.4, -0.2) is 48.0 Å². The third-order valence-corrected chi connectivity index (χ3v) is 5.47. The number of hydrogen-bond acceptors (Lipinski definition) is 5. The number of nitrogens with one attached hydrogen (secondary N) is 2. The fourth-order valence-electron chi connectivity index (χ4n) is 2.98. The molecular formula is C18H22N4O2S. The summed E-state index contributed by atoms with van der Waals surface area (Å²) in [4.78, 5) is 30.2. The Hall–Kier alpha value is -2.25. The van der Waals surface area contributed by atoms with Gasteiger partial charge in [0, 0.05) is 12.5 Å². The molecule has 1 aromatic heterocycles. The normalized spacial score (nSPS) is 15.8. The number of carbonyl (C=O) groups excluding carboxylic acids is 2. The van der Waals surface area contributed by atoms with E-state index in [1.807, 2.05) is 18.2 Å². The van der Waals surface area contributed by atoms with Gasteiger partial charge in [0.1, 0.15) is 0 Å². The molecule has 3 amide bonds. The van der Waals surface area contributed by atoms with Crippen LogP contribution in [0.15, 0.2) is 36.9 Å². The van der Waals surface area contributed by atoms with Crippen LogP contribution in [-0.2, 0) is 4.79 Å². The predicted octanol–water partition coefficient (Wildman–Crippen LogP) is 2.49. The molecule has 7 heteroatoms.